The van der Waals surface area contributed by atoms with Crippen LogP contribution in [0.25, 0.3) is 0 Å². The van der Waals surface area contributed by atoms with Gasteiger partial charge in [0.25, 0.3) is 0 Å². The van der Waals surface area contributed by atoms with Gasteiger partial charge < -0.3 is 9.47 Å². The van der Waals surface area contributed by atoms with Crippen molar-refractivity contribution in [3.05, 3.63) is 23.3 Å². The monoisotopic (exact) mass is 336 g/mol. The molecule has 0 fully saturated rings. The van der Waals surface area contributed by atoms with E-state index in [1.54, 1.807) is 6.08 Å². The van der Waals surface area contributed by atoms with Crippen LogP contribution in [0.1, 0.15) is 79.6 Å². The zero-order valence-electron chi connectivity index (χ0n) is 16.3. The van der Waals surface area contributed by atoms with E-state index in [0.717, 1.165) is 43.8 Å². The van der Waals surface area contributed by atoms with E-state index in [-0.39, 0.29) is 11.6 Å². The standard InChI is InChI=1S/C21H36O3/c1-6-17(10-9-13-21(4,5)24-8-3)14-18-11-12-19(15-18)16-20(22)23-7-2/h15-17H,6-14H2,1-5H3. The van der Waals surface area contributed by atoms with E-state index in [4.69, 9.17) is 9.47 Å². The second-order valence-corrected chi connectivity index (χ2v) is 7.34. The fourth-order valence-electron chi connectivity index (χ4n) is 3.42. The molecule has 0 amide bonds. The minimum absolute atomic E-state index is 0.00475. The molecule has 138 valence electrons. The lowest BCUT2D eigenvalue weighted by Crippen LogP contribution is -2.24. The molecule has 0 saturated heterocycles. The van der Waals surface area contributed by atoms with E-state index in [9.17, 15) is 4.79 Å². The minimum atomic E-state index is -0.213. The van der Waals surface area contributed by atoms with Crippen LogP contribution in [0.15, 0.2) is 23.3 Å². The topological polar surface area (TPSA) is 35.5 Å². The quantitative estimate of drug-likeness (QED) is 0.364. The van der Waals surface area contributed by atoms with E-state index < -0.39 is 0 Å². The van der Waals surface area contributed by atoms with Gasteiger partial charge in [-0.3, -0.25) is 0 Å². The average molecular weight is 337 g/mol. The van der Waals surface area contributed by atoms with Crippen LogP contribution in [-0.4, -0.2) is 24.8 Å². The summed E-state index contributed by atoms with van der Waals surface area (Å²) in [6.45, 7) is 11.8. The highest BCUT2D eigenvalue weighted by Crippen LogP contribution is 2.32. The first-order valence-corrected chi connectivity index (χ1v) is 9.60. The molecule has 0 aromatic rings. The predicted octanol–water partition coefficient (Wildman–Crippen LogP) is 5.60. The van der Waals surface area contributed by atoms with Gasteiger partial charge in [0.15, 0.2) is 0 Å². The van der Waals surface area contributed by atoms with Crippen LogP contribution in [-0.2, 0) is 14.3 Å². The number of ether oxygens (including phenoxy) is 2. The van der Waals surface area contributed by atoms with Crippen molar-refractivity contribution >= 4 is 5.97 Å². The van der Waals surface area contributed by atoms with E-state index >= 15 is 0 Å². The molecule has 1 rings (SSSR count). The summed E-state index contributed by atoms with van der Waals surface area (Å²) in [7, 11) is 0. The first-order chi connectivity index (χ1) is 11.4. The third-order valence-corrected chi connectivity index (χ3v) is 4.77. The molecule has 1 aliphatic rings. The Labute approximate surface area is 148 Å². The molecular formula is C21H36O3. The Kier molecular flexibility index (Phi) is 9.35. The summed E-state index contributed by atoms with van der Waals surface area (Å²) in [5.41, 5.74) is 2.60. The number of rotatable bonds is 11. The fraction of sp³-hybridized carbons (Fsp3) is 0.762. The predicted molar refractivity (Wildman–Crippen MR) is 100.0 cm³/mol. The van der Waals surface area contributed by atoms with Gasteiger partial charge in [0.1, 0.15) is 0 Å². The molecule has 3 nitrogen and oxygen atoms in total. The molecule has 0 spiro atoms. The Hall–Kier alpha value is -1.09. The Morgan fingerprint density at radius 1 is 1.25 bits per heavy atom. The molecule has 0 N–H and O–H groups in total. The normalized spacial score (nSPS) is 17.9. The SMILES string of the molecule is CCOC(=O)C=C1C=C(CC(CC)CCCC(C)(C)OCC)CC1. The Bertz CT molecular complexity index is 446. The van der Waals surface area contributed by atoms with Crippen LogP contribution < -0.4 is 0 Å². The number of allylic oxidation sites excluding steroid dienone is 3. The van der Waals surface area contributed by atoms with Gasteiger partial charge in [-0.25, -0.2) is 4.79 Å². The van der Waals surface area contributed by atoms with Crippen LogP contribution in [0.4, 0.5) is 0 Å². The van der Waals surface area contributed by atoms with Crippen molar-refractivity contribution in [1.82, 2.24) is 0 Å². The number of carbonyl (C=O) groups is 1. The van der Waals surface area contributed by atoms with Gasteiger partial charge in [0, 0.05) is 12.7 Å². The minimum Gasteiger partial charge on any atom is -0.463 e. The maximum Gasteiger partial charge on any atom is 0.331 e. The number of hydrogen-bond acceptors (Lipinski definition) is 3. The summed E-state index contributed by atoms with van der Waals surface area (Å²) in [6.07, 6.45) is 11.9. The van der Waals surface area contributed by atoms with E-state index in [1.807, 2.05) is 6.92 Å². The lowest BCUT2D eigenvalue weighted by atomic mass is 9.89. The van der Waals surface area contributed by atoms with Crippen molar-refractivity contribution in [2.75, 3.05) is 13.2 Å². The molecule has 1 unspecified atom stereocenters. The van der Waals surface area contributed by atoms with Crippen LogP contribution in [0.5, 0.6) is 0 Å². The van der Waals surface area contributed by atoms with E-state index in [0.29, 0.717) is 6.61 Å². The van der Waals surface area contributed by atoms with Gasteiger partial charge in [0.2, 0.25) is 0 Å². The molecule has 0 bridgehead atoms. The number of esters is 1. The Morgan fingerprint density at radius 3 is 2.62 bits per heavy atom. The van der Waals surface area contributed by atoms with E-state index in [1.165, 1.54) is 24.8 Å². The molecule has 1 aliphatic carbocycles. The third kappa shape index (κ3) is 8.14. The summed E-state index contributed by atoms with van der Waals surface area (Å²) in [6, 6.07) is 0. The van der Waals surface area contributed by atoms with Crippen LogP contribution in [0.3, 0.4) is 0 Å². The van der Waals surface area contributed by atoms with Gasteiger partial charge >= 0.3 is 5.97 Å². The van der Waals surface area contributed by atoms with Crippen LogP contribution in [0, 0.1) is 5.92 Å². The molecule has 24 heavy (non-hydrogen) atoms. The zero-order chi connectivity index (χ0) is 18.0. The second kappa shape index (κ2) is 10.7. The van der Waals surface area contributed by atoms with Crippen molar-refractivity contribution in [2.45, 2.75) is 85.2 Å². The van der Waals surface area contributed by atoms with Crippen molar-refractivity contribution in [3.8, 4) is 0 Å². The highest BCUT2D eigenvalue weighted by atomic mass is 16.5. The fourth-order valence-corrected chi connectivity index (χ4v) is 3.42. The van der Waals surface area contributed by atoms with Gasteiger partial charge in [-0.15, -0.1) is 0 Å². The molecule has 1 atom stereocenters. The van der Waals surface area contributed by atoms with Gasteiger partial charge in [-0.2, -0.15) is 0 Å². The molecule has 3 heteroatoms. The highest BCUT2D eigenvalue weighted by molar-refractivity contribution is 5.83. The van der Waals surface area contributed by atoms with E-state index in [2.05, 4.69) is 33.8 Å². The molecule has 0 heterocycles. The Balaban J connectivity index is 2.44. The molecule has 0 aliphatic heterocycles. The molecule has 0 aromatic carbocycles. The average Bonchev–Trinajstić information content (AvgIpc) is 2.93. The largest absolute Gasteiger partial charge is 0.463 e. The van der Waals surface area contributed by atoms with Crippen molar-refractivity contribution in [1.29, 1.82) is 0 Å². The van der Waals surface area contributed by atoms with Gasteiger partial charge in [-0.05, 0) is 64.9 Å². The number of hydrogen-bond donors (Lipinski definition) is 0. The maximum atomic E-state index is 11.5. The first-order valence-electron chi connectivity index (χ1n) is 9.60. The summed E-state index contributed by atoms with van der Waals surface area (Å²) >= 11 is 0. The smallest absolute Gasteiger partial charge is 0.331 e. The summed E-state index contributed by atoms with van der Waals surface area (Å²) in [5.74, 6) is 0.519. The molecule has 0 radical (unpaired) electrons. The number of carbonyl (C=O) groups excluding carboxylic acids is 1. The summed E-state index contributed by atoms with van der Waals surface area (Å²) in [5, 5.41) is 0. The van der Waals surface area contributed by atoms with Gasteiger partial charge in [0.05, 0.1) is 12.2 Å². The lowest BCUT2D eigenvalue weighted by molar-refractivity contribution is -0.137. The van der Waals surface area contributed by atoms with Gasteiger partial charge in [-0.1, -0.05) is 37.8 Å². The van der Waals surface area contributed by atoms with Crippen LogP contribution >= 0.6 is 0 Å². The molecule has 0 aromatic heterocycles. The highest BCUT2D eigenvalue weighted by Gasteiger charge is 2.19. The van der Waals surface area contributed by atoms with Crippen LogP contribution in [0.2, 0.25) is 0 Å². The first kappa shape index (κ1) is 21.0. The van der Waals surface area contributed by atoms with Crippen molar-refractivity contribution < 1.29 is 14.3 Å². The maximum absolute atomic E-state index is 11.5. The van der Waals surface area contributed by atoms with Crippen molar-refractivity contribution in [3.63, 3.8) is 0 Å². The summed E-state index contributed by atoms with van der Waals surface area (Å²) in [4.78, 5) is 11.5. The van der Waals surface area contributed by atoms with Crippen molar-refractivity contribution in [2.24, 2.45) is 5.92 Å². The molecular weight excluding hydrogens is 300 g/mol. The Morgan fingerprint density at radius 2 is 2.00 bits per heavy atom. The lowest BCUT2D eigenvalue weighted by Gasteiger charge is -2.25. The third-order valence-electron chi connectivity index (χ3n) is 4.77. The second-order valence-electron chi connectivity index (χ2n) is 7.34. The molecule has 0 saturated carbocycles. The summed E-state index contributed by atoms with van der Waals surface area (Å²) < 4.78 is 10.8. The zero-order valence-corrected chi connectivity index (χ0v) is 16.3.